The first-order valence-corrected chi connectivity index (χ1v) is 8.40. The Morgan fingerprint density at radius 2 is 2.22 bits per heavy atom. The second-order valence-electron chi connectivity index (χ2n) is 5.76. The summed E-state index contributed by atoms with van der Waals surface area (Å²) in [6, 6.07) is 2.13. The number of guanidine groups is 1. The van der Waals surface area contributed by atoms with E-state index in [1.807, 2.05) is 18.8 Å². The highest BCUT2D eigenvalue weighted by atomic mass is 127. The topological polar surface area (TPSA) is 45.5 Å². The van der Waals surface area contributed by atoms with Crippen LogP contribution in [0.25, 0.3) is 0 Å². The van der Waals surface area contributed by atoms with Gasteiger partial charge in [0, 0.05) is 46.0 Å². The molecule has 0 unspecified atom stereocenters. The van der Waals surface area contributed by atoms with Crippen molar-refractivity contribution in [2.24, 2.45) is 12.0 Å². The Balaban J connectivity index is 0.00000264. The van der Waals surface area contributed by atoms with E-state index in [2.05, 4.69) is 64.2 Å². The van der Waals surface area contributed by atoms with Crippen molar-refractivity contribution in [2.75, 3.05) is 14.1 Å². The molecule has 1 N–H and O–H groups in total. The Hall–Kier alpha value is -1.09. The van der Waals surface area contributed by atoms with Crippen LogP contribution in [0.5, 0.6) is 0 Å². The van der Waals surface area contributed by atoms with Gasteiger partial charge in [0.15, 0.2) is 5.96 Å². The van der Waals surface area contributed by atoms with Gasteiger partial charge < -0.3 is 10.2 Å². The molecule has 0 aliphatic rings. The largest absolute Gasteiger partial charge is 0.352 e. The molecule has 2 aromatic rings. The Morgan fingerprint density at radius 1 is 1.48 bits per heavy atom. The van der Waals surface area contributed by atoms with Crippen molar-refractivity contribution in [3.8, 4) is 0 Å². The van der Waals surface area contributed by atoms with Crippen LogP contribution >= 0.6 is 35.3 Å². The molecule has 0 atom stereocenters. The van der Waals surface area contributed by atoms with E-state index in [1.165, 1.54) is 11.1 Å². The van der Waals surface area contributed by atoms with Crippen LogP contribution in [-0.4, -0.2) is 34.7 Å². The number of rotatable bonds is 5. The summed E-state index contributed by atoms with van der Waals surface area (Å²) in [4.78, 5) is 6.51. The summed E-state index contributed by atoms with van der Waals surface area (Å²) in [5.41, 5.74) is 3.69. The van der Waals surface area contributed by atoms with E-state index < -0.39 is 0 Å². The number of hydrogen-bond acceptors (Lipinski definition) is 3. The molecule has 2 heterocycles. The van der Waals surface area contributed by atoms with E-state index in [9.17, 15) is 0 Å². The van der Waals surface area contributed by atoms with Crippen LogP contribution in [0.15, 0.2) is 28.0 Å². The number of aromatic nitrogens is 2. The number of aliphatic imine (C=N–C) groups is 1. The lowest BCUT2D eigenvalue weighted by molar-refractivity contribution is 0.473. The smallest absolute Gasteiger partial charge is 0.193 e. The number of nitrogens with zero attached hydrogens (tertiary/aromatic N) is 4. The lowest BCUT2D eigenvalue weighted by Crippen LogP contribution is -2.38. The maximum Gasteiger partial charge on any atom is 0.193 e. The van der Waals surface area contributed by atoms with Crippen molar-refractivity contribution in [3.05, 3.63) is 39.8 Å². The van der Waals surface area contributed by atoms with Gasteiger partial charge in [0.25, 0.3) is 0 Å². The third kappa shape index (κ3) is 5.49. The minimum Gasteiger partial charge on any atom is -0.352 e. The summed E-state index contributed by atoms with van der Waals surface area (Å²) in [5, 5.41) is 12.2. The maximum atomic E-state index is 4.57. The molecule has 0 saturated heterocycles. The number of hydrogen-bond donors (Lipinski definition) is 1. The molecule has 0 aliphatic carbocycles. The number of halogens is 1. The van der Waals surface area contributed by atoms with Crippen LogP contribution in [0.3, 0.4) is 0 Å². The van der Waals surface area contributed by atoms with Gasteiger partial charge in [-0.25, -0.2) is 0 Å². The Bertz CT molecular complexity index is 618. The lowest BCUT2D eigenvalue weighted by atomic mass is 10.1. The monoisotopic (exact) mass is 447 g/mol. The quantitative estimate of drug-likeness (QED) is 0.434. The van der Waals surface area contributed by atoms with Gasteiger partial charge in [-0.05, 0) is 28.3 Å². The first-order chi connectivity index (χ1) is 10.5. The summed E-state index contributed by atoms with van der Waals surface area (Å²) in [5.74, 6) is 1.31. The van der Waals surface area contributed by atoms with E-state index in [0.717, 1.165) is 24.7 Å². The normalized spacial score (nSPS) is 11.5. The van der Waals surface area contributed by atoms with E-state index in [-0.39, 0.29) is 24.0 Å². The summed E-state index contributed by atoms with van der Waals surface area (Å²) in [6.45, 7) is 5.94. The number of aryl methyl sites for hydroxylation is 1. The molecule has 0 radical (unpaired) electrons. The molecule has 0 bridgehead atoms. The molecule has 0 amide bonds. The van der Waals surface area contributed by atoms with Gasteiger partial charge in [-0.3, -0.25) is 9.67 Å². The van der Waals surface area contributed by atoms with Crippen LogP contribution in [0, 0.1) is 0 Å². The first-order valence-electron chi connectivity index (χ1n) is 7.46. The lowest BCUT2D eigenvalue weighted by Gasteiger charge is -2.22. The van der Waals surface area contributed by atoms with Gasteiger partial charge in [-0.2, -0.15) is 16.4 Å². The molecule has 128 valence electrons. The second kappa shape index (κ2) is 9.27. The van der Waals surface area contributed by atoms with Gasteiger partial charge in [0.05, 0.1) is 5.69 Å². The van der Waals surface area contributed by atoms with Crippen LogP contribution in [0.2, 0.25) is 0 Å². The SMILES string of the molecule is CN=C(NCc1ccsc1)N(C)Cc1cn(C)nc1C(C)C.I. The standard InChI is InChI=1S/C16H25N5S.HI/c1-12(2)15-14(10-21(5)19-15)9-20(4)16(17-3)18-8-13-6-7-22-11-13;/h6-7,10-12H,8-9H2,1-5H3,(H,17,18);1H. The zero-order valence-corrected chi connectivity index (χ0v) is 17.6. The number of nitrogens with one attached hydrogen (secondary N) is 1. The average Bonchev–Trinajstić information content (AvgIpc) is 3.09. The van der Waals surface area contributed by atoms with E-state index in [4.69, 9.17) is 0 Å². The third-order valence-corrected chi connectivity index (χ3v) is 4.23. The van der Waals surface area contributed by atoms with Gasteiger partial charge in [-0.15, -0.1) is 24.0 Å². The highest BCUT2D eigenvalue weighted by Gasteiger charge is 2.15. The van der Waals surface area contributed by atoms with Crippen LogP contribution in [0.4, 0.5) is 0 Å². The molecule has 0 aromatic carbocycles. The molecule has 7 heteroatoms. The molecule has 0 aliphatic heterocycles. The summed E-state index contributed by atoms with van der Waals surface area (Å²) in [7, 11) is 5.85. The van der Waals surface area contributed by atoms with Crippen LogP contribution < -0.4 is 5.32 Å². The molecule has 5 nitrogen and oxygen atoms in total. The highest BCUT2D eigenvalue weighted by Crippen LogP contribution is 2.18. The Labute approximate surface area is 159 Å². The fraction of sp³-hybridized carbons (Fsp3) is 0.500. The van der Waals surface area contributed by atoms with E-state index in [1.54, 1.807) is 11.3 Å². The van der Waals surface area contributed by atoms with E-state index >= 15 is 0 Å². The zero-order chi connectivity index (χ0) is 16.1. The van der Waals surface area contributed by atoms with Crippen LogP contribution in [-0.2, 0) is 20.1 Å². The fourth-order valence-electron chi connectivity index (χ4n) is 2.45. The highest BCUT2D eigenvalue weighted by molar-refractivity contribution is 14.0. The predicted molar refractivity (Wildman–Crippen MR) is 109 cm³/mol. The van der Waals surface area contributed by atoms with Crippen molar-refractivity contribution in [1.29, 1.82) is 0 Å². The molecule has 2 rings (SSSR count). The minimum absolute atomic E-state index is 0. The van der Waals surface area contributed by atoms with Gasteiger partial charge in [0.2, 0.25) is 0 Å². The number of thiophene rings is 1. The molecule has 0 spiro atoms. The summed E-state index contributed by atoms with van der Waals surface area (Å²) < 4.78 is 1.89. The van der Waals surface area contributed by atoms with E-state index in [0.29, 0.717) is 5.92 Å². The van der Waals surface area contributed by atoms with Crippen molar-refractivity contribution in [1.82, 2.24) is 20.0 Å². The van der Waals surface area contributed by atoms with Gasteiger partial charge >= 0.3 is 0 Å². The predicted octanol–water partition coefficient (Wildman–Crippen LogP) is 3.43. The summed E-state index contributed by atoms with van der Waals surface area (Å²) in [6.07, 6.45) is 2.10. The third-order valence-electron chi connectivity index (χ3n) is 3.50. The molecule has 0 fully saturated rings. The van der Waals surface area contributed by atoms with Crippen molar-refractivity contribution in [3.63, 3.8) is 0 Å². The van der Waals surface area contributed by atoms with Gasteiger partial charge in [-0.1, -0.05) is 13.8 Å². The molecular formula is C16H26IN5S. The fourth-order valence-corrected chi connectivity index (χ4v) is 3.12. The van der Waals surface area contributed by atoms with Gasteiger partial charge in [0.1, 0.15) is 0 Å². The first kappa shape index (κ1) is 20.0. The van der Waals surface area contributed by atoms with Crippen molar-refractivity contribution >= 4 is 41.3 Å². The maximum absolute atomic E-state index is 4.57. The van der Waals surface area contributed by atoms with Crippen molar-refractivity contribution < 1.29 is 0 Å². The summed E-state index contributed by atoms with van der Waals surface area (Å²) >= 11 is 1.71. The molecule has 23 heavy (non-hydrogen) atoms. The Kier molecular flexibility index (Phi) is 8.04. The molecule has 2 aromatic heterocycles. The molecule has 0 saturated carbocycles. The second-order valence-corrected chi connectivity index (χ2v) is 6.54. The molecular weight excluding hydrogens is 421 g/mol. The van der Waals surface area contributed by atoms with Crippen LogP contribution in [0.1, 0.15) is 36.6 Å². The van der Waals surface area contributed by atoms with Crippen molar-refractivity contribution in [2.45, 2.75) is 32.9 Å². The minimum atomic E-state index is 0. The Morgan fingerprint density at radius 3 is 2.78 bits per heavy atom. The average molecular weight is 447 g/mol. The zero-order valence-electron chi connectivity index (χ0n) is 14.4.